The Morgan fingerprint density at radius 2 is 2.04 bits per heavy atom. The van der Waals surface area contributed by atoms with Crippen molar-refractivity contribution in [3.8, 4) is 0 Å². The van der Waals surface area contributed by atoms with Gasteiger partial charge in [-0.3, -0.25) is 4.79 Å². The van der Waals surface area contributed by atoms with Crippen molar-refractivity contribution in [3.63, 3.8) is 0 Å². The van der Waals surface area contributed by atoms with E-state index in [1.54, 1.807) is 0 Å². The minimum absolute atomic E-state index is 0.00599. The van der Waals surface area contributed by atoms with Crippen molar-refractivity contribution >= 4 is 11.9 Å². The summed E-state index contributed by atoms with van der Waals surface area (Å²) >= 11 is 0. The van der Waals surface area contributed by atoms with Gasteiger partial charge in [-0.05, 0) is 63.7 Å². The lowest BCUT2D eigenvalue weighted by Gasteiger charge is -2.50. The number of carbonyl (C=O) groups excluding carboxylic acids is 2. The molecule has 1 saturated carbocycles. The molecule has 0 amide bonds. The monoisotopic (exact) mass is 378 g/mol. The second-order valence-electron chi connectivity index (χ2n) is 9.26. The standard InChI is InChI=1S/C22H34O5/c1-14-7-6-11-22(4)19(27-22)18(23)16-9-8-15(2)21(3,12-10-14)17(16)13-26-20(24)25-5/h7,15-17,19H,6,8-13H2,1-5H3/b14-7+/t15-,16-,17+,19-,21+,22+/m1/s1. The Hall–Kier alpha value is -1.36. The second-order valence-corrected chi connectivity index (χ2v) is 9.26. The number of allylic oxidation sites excluding steroid dienone is 2. The molecule has 27 heavy (non-hydrogen) atoms. The van der Waals surface area contributed by atoms with E-state index >= 15 is 0 Å². The van der Waals surface area contributed by atoms with Crippen molar-refractivity contribution in [2.75, 3.05) is 13.7 Å². The molecule has 3 aliphatic rings. The molecule has 3 rings (SSSR count). The molecule has 1 saturated heterocycles. The molecule has 0 N–H and O–H groups in total. The molecular formula is C22H34O5. The zero-order valence-corrected chi connectivity index (χ0v) is 17.4. The van der Waals surface area contributed by atoms with Crippen LogP contribution in [0.15, 0.2) is 11.6 Å². The van der Waals surface area contributed by atoms with Gasteiger partial charge in [-0.2, -0.15) is 0 Å². The summed E-state index contributed by atoms with van der Waals surface area (Å²) in [6.07, 6.45) is 7.02. The fourth-order valence-electron chi connectivity index (χ4n) is 5.23. The Bertz CT molecular complexity index is 626. The third-order valence-electron chi connectivity index (χ3n) is 7.62. The molecule has 1 aliphatic heterocycles. The highest BCUT2D eigenvalue weighted by Gasteiger charge is 2.60. The highest BCUT2D eigenvalue weighted by Crippen LogP contribution is 2.54. The maximum absolute atomic E-state index is 13.3. The molecule has 0 aromatic heterocycles. The Morgan fingerprint density at radius 3 is 2.74 bits per heavy atom. The van der Waals surface area contributed by atoms with Crippen LogP contribution in [0.1, 0.15) is 66.2 Å². The summed E-state index contributed by atoms with van der Waals surface area (Å²) < 4.78 is 16.0. The number of carbonyl (C=O) groups is 2. The molecule has 2 fully saturated rings. The van der Waals surface area contributed by atoms with E-state index in [0.29, 0.717) is 5.92 Å². The Kier molecular flexibility index (Phi) is 5.72. The summed E-state index contributed by atoms with van der Waals surface area (Å²) in [5.41, 5.74) is 0.998. The molecule has 5 heteroatoms. The largest absolute Gasteiger partial charge is 0.507 e. The van der Waals surface area contributed by atoms with Crippen molar-refractivity contribution in [3.05, 3.63) is 11.6 Å². The van der Waals surface area contributed by atoms with Gasteiger partial charge in [0.05, 0.1) is 13.7 Å². The van der Waals surface area contributed by atoms with Gasteiger partial charge in [0.25, 0.3) is 0 Å². The highest BCUT2D eigenvalue weighted by molar-refractivity contribution is 5.89. The van der Waals surface area contributed by atoms with Crippen molar-refractivity contribution in [2.24, 2.45) is 23.2 Å². The van der Waals surface area contributed by atoms with Crippen molar-refractivity contribution < 1.29 is 23.8 Å². The van der Waals surface area contributed by atoms with Crippen LogP contribution in [0.25, 0.3) is 0 Å². The highest BCUT2D eigenvalue weighted by atomic mass is 16.7. The predicted molar refractivity (Wildman–Crippen MR) is 102 cm³/mol. The summed E-state index contributed by atoms with van der Waals surface area (Å²) in [4.78, 5) is 25.0. The molecule has 0 spiro atoms. The Morgan fingerprint density at radius 1 is 1.30 bits per heavy atom. The van der Waals surface area contributed by atoms with E-state index in [1.165, 1.54) is 12.7 Å². The van der Waals surface area contributed by atoms with Gasteiger partial charge < -0.3 is 14.2 Å². The third-order valence-corrected chi connectivity index (χ3v) is 7.62. The van der Waals surface area contributed by atoms with E-state index in [9.17, 15) is 9.59 Å². The van der Waals surface area contributed by atoms with Gasteiger partial charge in [-0.25, -0.2) is 4.79 Å². The maximum atomic E-state index is 13.3. The zero-order valence-electron chi connectivity index (χ0n) is 17.4. The molecular weight excluding hydrogens is 344 g/mol. The summed E-state index contributed by atoms with van der Waals surface area (Å²) in [5.74, 6) is 0.547. The normalized spacial score (nSPS) is 44.0. The average molecular weight is 379 g/mol. The first-order valence-corrected chi connectivity index (χ1v) is 10.3. The fraction of sp³-hybridized carbons (Fsp3) is 0.818. The van der Waals surface area contributed by atoms with E-state index in [-0.39, 0.29) is 41.3 Å². The van der Waals surface area contributed by atoms with E-state index < -0.39 is 6.16 Å². The van der Waals surface area contributed by atoms with Crippen LogP contribution in [0, 0.1) is 23.2 Å². The smallest absolute Gasteiger partial charge is 0.438 e. The first kappa shape index (κ1) is 20.4. The molecule has 5 nitrogen and oxygen atoms in total. The third kappa shape index (κ3) is 3.94. The van der Waals surface area contributed by atoms with Gasteiger partial charge in [0.1, 0.15) is 11.7 Å². The van der Waals surface area contributed by atoms with Gasteiger partial charge in [-0.15, -0.1) is 0 Å². The molecule has 0 radical (unpaired) electrons. The molecule has 0 aromatic carbocycles. The lowest BCUT2D eigenvalue weighted by atomic mass is 9.55. The number of fused-ring (bicyclic) bond motifs is 3. The molecule has 1 heterocycles. The number of rotatable bonds is 2. The molecule has 2 aliphatic carbocycles. The predicted octanol–water partition coefficient (Wildman–Crippen LogP) is 4.68. The summed E-state index contributed by atoms with van der Waals surface area (Å²) in [6, 6.07) is 0. The SMILES string of the molecule is COC(=O)OC[C@H]1[C@H]2CC[C@@H](C)[C@]1(C)CC/C(C)=C/CC[C@]1(C)O[C@@H]1C2=O. The van der Waals surface area contributed by atoms with Crippen LogP contribution in [0.5, 0.6) is 0 Å². The maximum Gasteiger partial charge on any atom is 0.507 e. The number of hydrogen-bond donors (Lipinski definition) is 0. The lowest BCUT2D eigenvalue weighted by Crippen LogP contribution is -2.49. The van der Waals surface area contributed by atoms with Crippen molar-refractivity contribution in [1.82, 2.24) is 0 Å². The van der Waals surface area contributed by atoms with E-state index in [2.05, 4.69) is 38.5 Å². The molecule has 2 bridgehead atoms. The number of epoxide rings is 1. The summed E-state index contributed by atoms with van der Waals surface area (Å²) in [6.45, 7) is 9.02. The minimum atomic E-state index is -0.675. The van der Waals surface area contributed by atoms with Crippen LogP contribution in [-0.4, -0.2) is 37.4 Å². The average Bonchev–Trinajstić information content (AvgIpc) is 3.31. The van der Waals surface area contributed by atoms with Crippen LogP contribution in [0.4, 0.5) is 4.79 Å². The number of methoxy groups -OCH3 is 1. The van der Waals surface area contributed by atoms with Gasteiger partial charge in [-0.1, -0.05) is 25.5 Å². The topological polar surface area (TPSA) is 65.1 Å². The lowest BCUT2D eigenvalue weighted by molar-refractivity contribution is -0.134. The quantitative estimate of drug-likeness (QED) is 0.396. The number of hydrogen-bond acceptors (Lipinski definition) is 5. The van der Waals surface area contributed by atoms with E-state index in [1.807, 2.05) is 0 Å². The molecule has 0 unspecified atom stereocenters. The summed E-state index contributed by atoms with van der Waals surface area (Å²) in [5, 5.41) is 0. The summed E-state index contributed by atoms with van der Waals surface area (Å²) in [7, 11) is 1.32. The second kappa shape index (κ2) is 7.57. The van der Waals surface area contributed by atoms with Crippen LogP contribution < -0.4 is 0 Å². The molecule has 6 atom stereocenters. The van der Waals surface area contributed by atoms with Crippen LogP contribution in [0.3, 0.4) is 0 Å². The minimum Gasteiger partial charge on any atom is -0.438 e. The molecule has 152 valence electrons. The molecule has 0 aromatic rings. The van der Waals surface area contributed by atoms with Gasteiger partial charge >= 0.3 is 6.16 Å². The van der Waals surface area contributed by atoms with Gasteiger partial charge in [0, 0.05) is 11.8 Å². The van der Waals surface area contributed by atoms with E-state index in [0.717, 1.165) is 38.5 Å². The van der Waals surface area contributed by atoms with Crippen LogP contribution in [-0.2, 0) is 19.0 Å². The van der Waals surface area contributed by atoms with Crippen LogP contribution >= 0.6 is 0 Å². The van der Waals surface area contributed by atoms with E-state index in [4.69, 9.17) is 9.47 Å². The fourth-order valence-corrected chi connectivity index (χ4v) is 5.23. The zero-order chi connectivity index (χ0) is 19.8. The number of Topliss-reactive ketones (excluding diaryl/α,β-unsaturated/α-hetero) is 1. The Labute approximate surface area is 162 Å². The Balaban J connectivity index is 1.93. The van der Waals surface area contributed by atoms with Crippen molar-refractivity contribution in [1.29, 1.82) is 0 Å². The number of ketones is 1. The first-order chi connectivity index (χ1) is 12.7. The van der Waals surface area contributed by atoms with Crippen LogP contribution in [0.2, 0.25) is 0 Å². The van der Waals surface area contributed by atoms with Crippen molar-refractivity contribution in [2.45, 2.75) is 77.9 Å². The number of ether oxygens (including phenoxy) is 3. The van der Waals surface area contributed by atoms with Gasteiger partial charge in [0.2, 0.25) is 0 Å². The first-order valence-electron chi connectivity index (χ1n) is 10.3. The van der Waals surface area contributed by atoms with Gasteiger partial charge in [0.15, 0.2) is 5.78 Å².